The van der Waals surface area contributed by atoms with Crippen molar-refractivity contribution < 1.29 is 9.13 Å². The number of hydrogen-bond donors (Lipinski definition) is 0. The molecule has 4 heteroatoms. The third-order valence-corrected chi connectivity index (χ3v) is 3.32. The predicted octanol–water partition coefficient (Wildman–Crippen LogP) is 4.57. The third-order valence-electron chi connectivity index (χ3n) is 3.01. The Balaban J connectivity index is 2.57. The van der Waals surface area contributed by atoms with E-state index in [1.165, 1.54) is 25.0 Å². The van der Waals surface area contributed by atoms with Gasteiger partial charge in [0.2, 0.25) is 0 Å². The second-order valence-corrected chi connectivity index (χ2v) is 5.56. The molecule has 0 radical (unpaired) electrons. The van der Waals surface area contributed by atoms with Gasteiger partial charge in [-0.05, 0) is 44.5 Å². The lowest BCUT2D eigenvalue weighted by Gasteiger charge is -2.29. The third kappa shape index (κ3) is 5.55. The van der Waals surface area contributed by atoms with Gasteiger partial charge in [-0.15, -0.1) is 0 Å². The molecule has 2 nitrogen and oxygen atoms in total. The zero-order valence-electron chi connectivity index (χ0n) is 12.6. The van der Waals surface area contributed by atoms with E-state index in [0.29, 0.717) is 6.61 Å². The minimum atomic E-state index is -0.237. The summed E-state index contributed by atoms with van der Waals surface area (Å²) in [5.74, 6) is -0.237. The van der Waals surface area contributed by atoms with Crippen LogP contribution in [0.3, 0.4) is 0 Å². The van der Waals surface area contributed by atoms with E-state index in [9.17, 15) is 4.39 Å². The normalized spacial score (nSPS) is 10.8. The van der Waals surface area contributed by atoms with Crippen molar-refractivity contribution in [2.45, 2.75) is 46.1 Å². The van der Waals surface area contributed by atoms with Crippen LogP contribution in [-0.2, 0) is 4.74 Å². The number of hydrogen-bond acceptors (Lipinski definition) is 2. The maximum Gasteiger partial charge on any atom is 0.123 e. The standard InChI is InChI=1S/C16H24FNOS/c1-4-5-6-11-19-12-16(20)18(13(2)3)15-9-7-14(17)8-10-15/h7-10,13H,4-6,11-12H2,1-3H3. The van der Waals surface area contributed by atoms with Crippen molar-refractivity contribution in [3.05, 3.63) is 30.1 Å². The van der Waals surface area contributed by atoms with Crippen molar-refractivity contribution in [3.63, 3.8) is 0 Å². The number of thiocarbonyl (C=S) groups is 1. The molecular formula is C16H24FNOS. The monoisotopic (exact) mass is 297 g/mol. The average Bonchev–Trinajstić information content (AvgIpc) is 2.40. The van der Waals surface area contributed by atoms with Crippen LogP contribution in [0.1, 0.15) is 40.0 Å². The number of anilines is 1. The van der Waals surface area contributed by atoms with Crippen LogP contribution in [-0.4, -0.2) is 24.2 Å². The molecule has 0 saturated heterocycles. The number of halogens is 1. The molecule has 0 aromatic heterocycles. The topological polar surface area (TPSA) is 12.5 Å². The molecule has 0 heterocycles. The Kier molecular flexibility index (Phi) is 7.70. The molecule has 0 saturated carbocycles. The number of ether oxygens (including phenoxy) is 1. The molecule has 0 unspecified atom stereocenters. The Morgan fingerprint density at radius 3 is 2.45 bits per heavy atom. The minimum Gasteiger partial charge on any atom is -0.374 e. The minimum absolute atomic E-state index is 0.215. The first-order chi connectivity index (χ1) is 9.56. The van der Waals surface area contributed by atoms with Crippen molar-refractivity contribution >= 4 is 22.9 Å². The van der Waals surface area contributed by atoms with Gasteiger partial charge in [-0.25, -0.2) is 4.39 Å². The molecule has 0 spiro atoms. The molecule has 0 amide bonds. The van der Waals surface area contributed by atoms with Crippen LogP contribution in [0, 0.1) is 5.82 Å². The number of unbranched alkanes of at least 4 members (excludes halogenated alkanes) is 2. The first-order valence-electron chi connectivity index (χ1n) is 7.21. The molecule has 0 fully saturated rings. The molecule has 0 aliphatic rings. The van der Waals surface area contributed by atoms with Gasteiger partial charge in [0, 0.05) is 18.3 Å². The van der Waals surface area contributed by atoms with Gasteiger partial charge in [-0.2, -0.15) is 0 Å². The lowest BCUT2D eigenvalue weighted by molar-refractivity contribution is 0.167. The Bertz CT molecular complexity index is 405. The van der Waals surface area contributed by atoms with E-state index >= 15 is 0 Å². The van der Waals surface area contributed by atoms with Crippen molar-refractivity contribution in [2.75, 3.05) is 18.1 Å². The average molecular weight is 297 g/mol. The van der Waals surface area contributed by atoms with Gasteiger partial charge in [0.25, 0.3) is 0 Å². The predicted molar refractivity (Wildman–Crippen MR) is 87.0 cm³/mol. The van der Waals surface area contributed by atoms with E-state index in [-0.39, 0.29) is 11.9 Å². The summed E-state index contributed by atoms with van der Waals surface area (Å²) in [5.41, 5.74) is 0.906. The summed E-state index contributed by atoms with van der Waals surface area (Å²) in [4.78, 5) is 2.75. The van der Waals surface area contributed by atoms with E-state index in [2.05, 4.69) is 20.8 Å². The highest BCUT2D eigenvalue weighted by molar-refractivity contribution is 7.80. The first kappa shape index (κ1) is 17.1. The van der Waals surface area contributed by atoms with Crippen molar-refractivity contribution in [2.24, 2.45) is 0 Å². The summed E-state index contributed by atoms with van der Waals surface area (Å²) >= 11 is 5.45. The van der Waals surface area contributed by atoms with Crippen LogP contribution in [0.2, 0.25) is 0 Å². The molecule has 20 heavy (non-hydrogen) atoms. The summed E-state index contributed by atoms with van der Waals surface area (Å²) < 4.78 is 18.6. The molecule has 0 atom stereocenters. The second kappa shape index (κ2) is 9.03. The maximum absolute atomic E-state index is 13.0. The van der Waals surface area contributed by atoms with Crippen LogP contribution in [0.15, 0.2) is 24.3 Å². The van der Waals surface area contributed by atoms with Gasteiger partial charge < -0.3 is 9.64 Å². The lowest BCUT2D eigenvalue weighted by atomic mass is 10.2. The molecule has 0 aliphatic carbocycles. The van der Waals surface area contributed by atoms with Gasteiger partial charge >= 0.3 is 0 Å². The number of benzene rings is 1. The second-order valence-electron chi connectivity index (χ2n) is 5.09. The van der Waals surface area contributed by atoms with Crippen LogP contribution in [0.4, 0.5) is 10.1 Å². The molecule has 1 aromatic rings. The van der Waals surface area contributed by atoms with Crippen molar-refractivity contribution in [1.29, 1.82) is 0 Å². The fraction of sp³-hybridized carbons (Fsp3) is 0.562. The van der Waals surface area contributed by atoms with Gasteiger partial charge in [0.1, 0.15) is 10.8 Å². The van der Waals surface area contributed by atoms with Gasteiger partial charge in [0.15, 0.2) is 0 Å². The molecule has 0 bridgehead atoms. The van der Waals surface area contributed by atoms with Crippen LogP contribution >= 0.6 is 12.2 Å². The van der Waals surface area contributed by atoms with Crippen molar-refractivity contribution in [1.82, 2.24) is 0 Å². The van der Waals surface area contributed by atoms with E-state index < -0.39 is 0 Å². The molecule has 0 aliphatic heterocycles. The molecule has 0 N–H and O–H groups in total. The molecular weight excluding hydrogens is 273 g/mol. The fourth-order valence-electron chi connectivity index (χ4n) is 2.01. The largest absolute Gasteiger partial charge is 0.374 e. The Morgan fingerprint density at radius 2 is 1.90 bits per heavy atom. The highest BCUT2D eigenvalue weighted by Crippen LogP contribution is 2.18. The van der Waals surface area contributed by atoms with E-state index in [1.807, 2.05) is 4.90 Å². The van der Waals surface area contributed by atoms with Gasteiger partial charge in [-0.3, -0.25) is 0 Å². The van der Waals surface area contributed by atoms with Crippen LogP contribution in [0.25, 0.3) is 0 Å². The van der Waals surface area contributed by atoms with Crippen LogP contribution < -0.4 is 4.90 Å². The van der Waals surface area contributed by atoms with E-state index in [0.717, 1.165) is 23.7 Å². The highest BCUT2D eigenvalue weighted by atomic mass is 32.1. The molecule has 112 valence electrons. The Hall–Kier alpha value is -1.00. The zero-order chi connectivity index (χ0) is 15.0. The van der Waals surface area contributed by atoms with E-state index in [1.54, 1.807) is 12.1 Å². The fourth-order valence-corrected chi connectivity index (χ4v) is 2.41. The van der Waals surface area contributed by atoms with Gasteiger partial charge in [0.05, 0.1) is 6.61 Å². The first-order valence-corrected chi connectivity index (χ1v) is 7.62. The Morgan fingerprint density at radius 1 is 1.25 bits per heavy atom. The van der Waals surface area contributed by atoms with Crippen molar-refractivity contribution in [3.8, 4) is 0 Å². The summed E-state index contributed by atoms with van der Waals surface area (Å²) in [5, 5.41) is 0. The smallest absolute Gasteiger partial charge is 0.123 e. The summed E-state index contributed by atoms with van der Waals surface area (Å²) in [6, 6.07) is 6.62. The van der Waals surface area contributed by atoms with E-state index in [4.69, 9.17) is 17.0 Å². The number of nitrogens with zero attached hydrogens (tertiary/aromatic N) is 1. The molecule has 1 rings (SSSR count). The Labute approximate surface area is 126 Å². The SMILES string of the molecule is CCCCCOCC(=S)N(c1ccc(F)cc1)C(C)C. The number of rotatable bonds is 8. The zero-order valence-corrected chi connectivity index (χ0v) is 13.4. The quantitative estimate of drug-likeness (QED) is 0.515. The van der Waals surface area contributed by atoms with Gasteiger partial charge in [-0.1, -0.05) is 32.0 Å². The summed E-state index contributed by atoms with van der Waals surface area (Å²) in [6.45, 7) is 7.47. The maximum atomic E-state index is 13.0. The lowest BCUT2D eigenvalue weighted by Crippen LogP contribution is -2.38. The van der Waals surface area contributed by atoms with Crippen LogP contribution in [0.5, 0.6) is 0 Å². The molecule has 1 aromatic carbocycles. The summed E-state index contributed by atoms with van der Waals surface area (Å²) in [7, 11) is 0. The summed E-state index contributed by atoms with van der Waals surface area (Å²) in [6.07, 6.45) is 3.43. The highest BCUT2D eigenvalue weighted by Gasteiger charge is 2.15.